The topological polar surface area (TPSA) is 92.7 Å². The van der Waals surface area contributed by atoms with E-state index >= 15 is 0 Å². The first kappa shape index (κ1) is 23.6. The van der Waals surface area contributed by atoms with Gasteiger partial charge in [-0.05, 0) is 55.5 Å². The molecule has 4 aromatic rings. The summed E-state index contributed by atoms with van der Waals surface area (Å²) in [5.41, 5.74) is 3.97. The molecule has 1 aliphatic rings. The SMILES string of the molecule is C=CCn1c(SCC(=O)Nc2c(C#N)c3c(n2-c2ccccc2)CCCC3)nc2ccccc2c1=O. The number of para-hydroxylation sites is 2. The molecule has 36 heavy (non-hydrogen) atoms. The lowest BCUT2D eigenvalue weighted by Gasteiger charge is -2.17. The Hall–Kier alpha value is -4.09. The monoisotopic (exact) mass is 495 g/mol. The van der Waals surface area contributed by atoms with Gasteiger partial charge >= 0.3 is 0 Å². The minimum atomic E-state index is -0.268. The maximum atomic E-state index is 13.2. The number of anilines is 1. The molecule has 0 saturated carbocycles. The lowest BCUT2D eigenvalue weighted by Crippen LogP contribution is -2.24. The number of hydrogen-bond acceptors (Lipinski definition) is 5. The summed E-state index contributed by atoms with van der Waals surface area (Å²) in [5, 5.41) is 14.0. The minimum Gasteiger partial charge on any atom is -0.310 e. The van der Waals surface area contributed by atoms with Crippen molar-refractivity contribution in [1.29, 1.82) is 5.26 Å². The van der Waals surface area contributed by atoms with Gasteiger partial charge in [-0.3, -0.25) is 18.7 Å². The Morgan fingerprint density at radius 1 is 1.14 bits per heavy atom. The van der Waals surface area contributed by atoms with Crippen LogP contribution in [0.5, 0.6) is 0 Å². The number of amides is 1. The van der Waals surface area contributed by atoms with Crippen LogP contribution in [-0.2, 0) is 24.2 Å². The Kier molecular flexibility index (Phi) is 6.74. The summed E-state index contributed by atoms with van der Waals surface area (Å²) < 4.78 is 3.54. The van der Waals surface area contributed by atoms with Gasteiger partial charge in [0.1, 0.15) is 11.9 Å². The maximum absolute atomic E-state index is 13.2. The zero-order valence-corrected chi connectivity index (χ0v) is 20.6. The average molecular weight is 496 g/mol. The molecule has 5 rings (SSSR count). The highest BCUT2D eigenvalue weighted by molar-refractivity contribution is 7.99. The van der Waals surface area contributed by atoms with E-state index in [0.29, 0.717) is 34.0 Å². The van der Waals surface area contributed by atoms with Gasteiger partial charge in [-0.2, -0.15) is 5.26 Å². The highest BCUT2D eigenvalue weighted by Crippen LogP contribution is 2.35. The number of aromatic nitrogens is 3. The second-order valence-electron chi connectivity index (χ2n) is 8.59. The number of nitrogens with zero attached hydrogens (tertiary/aromatic N) is 4. The molecule has 2 heterocycles. The molecular formula is C28H25N5O2S. The number of nitrogens with one attached hydrogen (secondary N) is 1. The highest BCUT2D eigenvalue weighted by Gasteiger charge is 2.27. The van der Waals surface area contributed by atoms with Crippen molar-refractivity contribution < 1.29 is 4.79 Å². The number of allylic oxidation sites excluding steroid dienone is 1. The van der Waals surface area contributed by atoms with Crippen LogP contribution in [0.4, 0.5) is 5.82 Å². The number of benzene rings is 2. The Labute approximate surface area is 213 Å². The summed E-state index contributed by atoms with van der Waals surface area (Å²) in [4.78, 5) is 30.8. The Morgan fingerprint density at radius 3 is 2.67 bits per heavy atom. The number of thioether (sulfide) groups is 1. The Bertz CT molecular complexity index is 1560. The predicted molar refractivity (Wildman–Crippen MR) is 143 cm³/mol. The van der Waals surface area contributed by atoms with E-state index in [1.54, 1.807) is 24.3 Å². The molecule has 0 atom stereocenters. The van der Waals surface area contributed by atoms with Crippen LogP contribution < -0.4 is 10.9 Å². The maximum Gasteiger partial charge on any atom is 0.262 e. The highest BCUT2D eigenvalue weighted by atomic mass is 32.2. The summed E-state index contributed by atoms with van der Waals surface area (Å²) in [7, 11) is 0. The lowest BCUT2D eigenvalue weighted by atomic mass is 9.95. The van der Waals surface area contributed by atoms with Crippen molar-refractivity contribution in [3.63, 3.8) is 0 Å². The van der Waals surface area contributed by atoms with Crippen LogP contribution in [0.1, 0.15) is 29.7 Å². The number of fused-ring (bicyclic) bond motifs is 2. The third kappa shape index (κ3) is 4.34. The van der Waals surface area contributed by atoms with Crippen molar-refractivity contribution in [2.75, 3.05) is 11.1 Å². The summed E-state index contributed by atoms with van der Waals surface area (Å²) >= 11 is 1.19. The summed E-state index contributed by atoms with van der Waals surface area (Å²) in [6.07, 6.45) is 5.39. The van der Waals surface area contributed by atoms with Gasteiger partial charge in [0.25, 0.3) is 5.56 Å². The van der Waals surface area contributed by atoms with E-state index in [4.69, 9.17) is 0 Å². The molecule has 0 aliphatic heterocycles. The number of rotatable bonds is 7. The van der Waals surface area contributed by atoms with E-state index in [0.717, 1.165) is 42.6 Å². The zero-order chi connectivity index (χ0) is 25.1. The number of carbonyl (C=O) groups is 1. The van der Waals surface area contributed by atoms with E-state index in [-0.39, 0.29) is 17.2 Å². The lowest BCUT2D eigenvalue weighted by molar-refractivity contribution is -0.113. The molecule has 0 saturated heterocycles. The quantitative estimate of drug-likeness (QED) is 0.225. The third-order valence-corrected chi connectivity index (χ3v) is 7.30. The van der Waals surface area contributed by atoms with E-state index in [9.17, 15) is 14.9 Å². The second-order valence-corrected chi connectivity index (χ2v) is 9.53. The molecule has 0 bridgehead atoms. The Balaban J connectivity index is 1.47. The molecule has 1 amide bonds. The molecular weight excluding hydrogens is 470 g/mol. The van der Waals surface area contributed by atoms with Crippen molar-refractivity contribution >= 4 is 34.4 Å². The minimum absolute atomic E-state index is 0.0391. The fourth-order valence-electron chi connectivity index (χ4n) is 4.74. The first-order valence-corrected chi connectivity index (χ1v) is 12.9. The zero-order valence-electron chi connectivity index (χ0n) is 19.7. The van der Waals surface area contributed by atoms with Crippen molar-refractivity contribution in [3.8, 4) is 11.8 Å². The van der Waals surface area contributed by atoms with Crippen molar-refractivity contribution in [2.24, 2.45) is 0 Å². The first-order chi connectivity index (χ1) is 17.6. The van der Waals surface area contributed by atoms with Crippen molar-refractivity contribution in [1.82, 2.24) is 14.1 Å². The average Bonchev–Trinajstić information content (AvgIpc) is 3.22. The fraction of sp³-hybridized carbons (Fsp3) is 0.214. The van der Waals surface area contributed by atoms with E-state index < -0.39 is 0 Å². The molecule has 8 heteroatoms. The van der Waals surface area contributed by atoms with Gasteiger partial charge < -0.3 is 5.32 Å². The van der Waals surface area contributed by atoms with Crippen LogP contribution >= 0.6 is 11.8 Å². The number of hydrogen-bond donors (Lipinski definition) is 1. The molecule has 0 spiro atoms. The molecule has 180 valence electrons. The van der Waals surface area contributed by atoms with Crippen LogP contribution in [0.3, 0.4) is 0 Å². The standard InChI is InChI=1S/C28H25N5O2S/c1-2-16-32-27(35)21-13-6-8-14-23(21)30-28(32)36-18-25(34)31-26-22(17-29)20-12-7-9-15-24(20)33(26)19-10-4-3-5-11-19/h2-6,8,10-11,13-14H,1,7,9,12,15-16,18H2,(H,31,34). The summed E-state index contributed by atoms with van der Waals surface area (Å²) in [6.45, 7) is 4.04. The molecule has 1 N–H and O–H groups in total. The molecule has 1 aliphatic carbocycles. The van der Waals surface area contributed by atoms with Crippen LogP contribution in [0.15, 0.2) is 77.2 Å². The summed E-state index contributed by atoms with van der Waals surface area (Å²) in [6, 6.07) is 19.3. The van der Waals surface area contributed by atoms with Crippen LogP contribution in [-0.4, -0.2) is 25.8 Å². The van der Waals surface area contributed by atoms with E-state index in [1.165, 1.54) is 16.3 Å². The summed E-state index contributed by atoms with van der Waals surface area (Å²) in [5.74, 6) is 0.282. The number of carbonyl (C=O) groups excluding carboxylic acids is 1. The van der Waals surface area contributed by atoms with Gasteiger partial charge in [0.2, 0.25) is 5.91 Å². The smallest absolute Gasteiger partial charge is 0.262 e. The fourth-order valence-corrected chi connectivity index (χ4v) is 5.55. The first-order valence-electron chi connectivity index (χ1n) is 11.9. The van der Waals surface area contributed by atoms with Crippen molar-refractivity contribution in [3.05, 3.63) is 94.4 Å². The van der Waals surface area contributed by atoms with E-state index in [1.807, 2.05) is 41.0 Å². The van der Waals surface area contributed by atoms with Gasteiger partial charge in [0, 0.05) is 17.9 Å². The molecule has 2 aromatic carbocycles. The predicted octanol–water partition coefficient (Wildman–Crippen LogP) is 4.85. The normalized spacial score (nSPS) is 12.6. The van der Waals surface area contributed by atoms with Gasteiger partial charge in [-0.1, -0.05) is 48.2 Å². The van der Waals surface area contributed by atoms with Gasteiger partial charge in [-0.25, -0.2) is 4.98 Å². The Morgan fingerprint density at radius 2 is 1.89 bits per heavy atom. The van der Waals surface area contributed by atoms with Gasteiger partial charge in [-0.15, -0.1) is 6.58 Å². The molecule has 7 nitrogen and oxygen atoms in total. The van der Waals surface area contributed by atoms with Gasteiger partial charge in [0.05, 0.1) is 22.2 Å². The van der Waals surface area contributed by atoms with E-state index in [2.05, 4.69) is 22.9 Å². The van der Waals surface area contributed by atoms with Crippen LogP contribution in [0.2, 0.25) is 0 Å². The number of nitriles is 1. The van der Waals surface area contributed by atoms with Crippen molar-refractivity contribution in [2.45, 2.75) is 37.4 Å². The van der Waals surface area contributed by atoms with Crippen LogP contribution in [0.25, 0.3) is 16.6 Å². The molecule has 0 unspecified atom stereocenters. The molecule has 2 aromatic heterocycles. The molecule has 0 fully saturated rings. The molecule has 0 radical (unpaired) electrons. The second kappa shape index (κ2) is 10.3. The van der Waals surface area contributed by atoms with Gasteiger partial charge in [0.15, 0.2) is 5.16 Å². The largest absolute Gasteiger partial charge is 0.310 e. The van der Waals surface area contributed by atoms with Crippen LogP contribution in [0, 0.1) is 11.3 Å². The third-order valence-electron chi connectivity index (χ3n) is 6.33.